The van der Waals surface area contributed by atoms with Crippen LogP contribution in [0.3, 0.4) is 0 Å². The van der Waals surface area contributed by atoms with Crippen LogP contribution in [0.25, 0.3) is 0 Å². The first-order valence-electron chi connectivity index (χ1n) is 4.92. The molecule has 0 saturated carbocycles. The quantitative estimate of drug-likeness (QED) is 0.314. The van der Waals surface area contributed by atoms with E-state index in [1.807, 2.05) is 0 Å². The molecule has 0 heterocycles. The van der Waals surface area contributed by atoms with Crippen LogP contribution in [0.4, 0.5) is 0 Å². The minimum Gasteiger partial charge on any atom is -0.394 e. The average molecular weight is 237 g/mol. The Kier molecular flexibility index (Phi) is 7.18. The Morgan fingerprint density at radius 2 is 1.88 bits per heavy atom. The van der Waals surface area contributed by atoms with Crippen molar-refractivity contribution in [1.29, 1.82) is 0 Å². The summed E-state index contributed by atoms with van der Waals surface area (Å²) in [7, 11) is 0. The highest BCUT2D eigenvalue weighted by atomic mass is 16.6. The molecule has 0 bridgehead atoms. The fraction of sp³-hybridized carbons (Fsp3) is 0.889. The summed E-state index contributed by atoms with van der Waals surface area (Å²) in [5.74, 6) is -0.431. The van der Waals surface area contributed by atoms with E-state index in [0.717, 1.165) is 0 Å². The number of aliphatic hydroxyl groups is 4. The minimum absolute atomic E-state index is 0.431. The molecule has 0 radical (unpaired) electrons. The van der Waals surface area contributed by atoms with Gasteiger partial charge in [-0.25, -0.2) is 0 Å². The van der Waals surface area contributed by atoms with E-state index in [1.54, 1.807) is 0 Å². The van der Waals surface area contributed by atoms with E-state index in [0.29, 0.717) is 0 Å². The molecule has 7 heteroatoms. The van der Waals surface area contributed by atoms with Gasteiger partial charge in [-0.3, -0.25) is 4.79 Å². The van der Waals surface area contributed by atoms with Gasteiger partial charge in [-0.2, -0.15) is 0 Å². The number of carbonyl (C=O) groups is 1. The van der Waals surface area contributed by atoms with Crippen molar-refractivity contribution in [2.45, 2.75) is 38.4 Å². The third-order valence-electron chi connectivity index (χ3n) is 1.96. The standard InChI is InChI=1S/C9H19NO6/c1-5(13)8(4-12)16-9(15)7(3-11)10-6(2)14/h5,7-9,11-13,15H,3-4H2,1-2H3,(H,10,14)/t5-,7+,8?,9?/m1/s1. The summed E-state index contributed by atoms with van der Waals surface area (Å²) < 4.78 is 4.90. The first-order valence-corrected chi connectivity index (χ1v) is 4.92. The molecule has 0 aromatic heterocycles. The lowest BCUT2D eigenvalue weighted by Crippen LogP contribution is -2.49. The Hall–Kier alpha value is -0.730. The zero-order valence-corrected chi connectivity index (χ0v) is 9.33. The SMILES string of the molecule is CC(=O)N[C@@H](CO)C(O)OC(CO)[C@@H](C)O. The number of amides is 1. The van der Waals surface area contributed by atoms with Crippen LogP contribution in [0.2, 0.25) is 0 Å². The van der Waals surface area contributed by atoms with E-state index < -0.39 is 43.7 Å². The molecule has 2 unspecified atom stereocenters. The monoisotopic (exact) mass is 237 g/mol. The fourth-order valence-electron chi connectivity index (χ4n) is 1.05. The molecule has 0 aliphatic heterocycles. The van der Waals surface area contributed by atoms with Crippen LogP contribution >= 0.6 is 0 Å². The second-order valence-corrected chi connectivity index (χ2v) is 3.48. The van der Waals surface area contributed by atoms with E-state index in [2.05, 4.69) is 5.32 Å². The first kappa shape index (κ1) is 15.3. The van der Waals surface area contributed by atoms with E-state index in [9.17, 15) is 9.90 Å². The normalized spacial score (nSPS) is 18.6. The topological polar surface area (TPSA) is 119 Å². The van der Waals surface area contributed by atoms with E-state index in [-0.39, 0.29) is 0 Å². The van der Waals surface area contributed by atoms with Crippen LogP contribution < -0.4 is 5.32 Å². The molecule has 0 aromatic carbocycles. The number of aliphatic hydroxyl groups excluding tert-OH is 4. The van der Waals surface area contributed by atoms with Gasteiger partial charge in [0.15, 0.2) is 6.29 Å². The average Bonchev–Trinajstić information content (AvgIpc) is 2.21. The lowest BCUT2D eigenvalue weighted by atomic mass is 10.2. The maximum absolute atomic E-state index is 10.7. The first-order chi connectivity index (χ1) is 7.42. The predicted molar refractivity (Wildman–Crippen MR) is 54.3 cm³/mol. The smallest absolute Gasteiger partial charge is 0.217 e. The zero-order valence-electron chi connectivity index (χ0n) is 9.33. The van der Waals surface area contributed by atoms with E-state index >= 15 is 0 Å². The molecule has 4 atom stereocenters. The largest absolute Gasteiger partial charge is 0.394 e. The van der Waals surface area contributed by atoms with Crippen molar-refractivity contribution in [3.63, 3.8) is 0 Å². The summed E-state index contributed by atoms with van der Waals surface area (Å²) in [6, 6.07) is -0.995. The molecule has 0 rings (SSSR count). The van der Waals surface area contributed by atoms with Crippen LogP contribution in [-0.4, -0.2) is 64.1 Å². The zero-order chi connectivity index (χ0) is 12.7. The fourth-order valence-corrected chi connectivity index (χ4v) is 1.05. The molecule has 0 aromatic rings. The van der Waals surface area contributed by atoms with Crippen molar-refractivity contribution in [3.05, 3.63) is 0 Å². The molecule has 0 fully saturated rings. The molecular weight excluding hydrogens is 218 g/mol. The molecule has 0 aliphatic rings. The van der Waals surface area contributed by atoms with Crippen LogP contribution in [0.15, 0.2) is 0 Å². The summed E-state index contributed by atoms with van der Waals surface area (Å²) in [5.41, 5.74) is 0. The Bertz CT molecular complexity index is 210. The van der Waals surface area contributed by atoms with E-state index in [4.69, 9.17) is 20.1 Å². The highest BCUT2D eigenvalue weighted by molar-refractivity contribution is 5.73. The summed E-state index contributed by atoms with van der Waals surface area (Å²) in [5, 5.41) is 38.6. The highest BCUT2D eigenvalue weighted by Gasteiger charge is 2.25. The summed E-state index contributed by atoms with van der Waals surface area (Å²) in [6.45, 7) is 1.62. The van der Waals surface area contributed by atoms with Crippen molar-refractivity contribution < 1.29 is 30.0 Å². The van der Waals surface area contributed by atoms with Crippen LogP contribution in [0.1, 0.15) is 13.8 Å². The van der Waals surface area contributed by atoms with Gasteiger partial charge >= 0.3 is 0 Å². The number of hydrogen-bond donors (Lipinski definition) is 5. The molecule has 16 heavy (non-hydrogen) atoms. The molecule has 7 nitrogen and oxygen atoms in total. The second kappa shape index (κ2) is 7.53. The third-order valence-corrected chi connectivity index (χ3v) is 1.96. The number of carbonyl (C=O) groups excluding carboxylic acids is 1. The van der Waals surface area contributed by atoms with Crippen LogP contribution in [0.5, 0.6) is 0 Å². The number of nitrogens with one attached hydrogen (secondary N) is 1. The third kappa shape index (κ3) is 5.38. The van der Waals surface area contributed by atoms with Gasteiger partial charge in [-0.05, 0) is 6.92 Å². The van der Waals surface area contributed by atoms with E-state index in [1.165, 1.54) is 13.8 Å². The Balaban J connectivity index is 4.28. The molecule has 0 aliphatic carbocycles. The Labute approximate surface area is 93.7 Å². The van der Waals surface area contributed by atoms with Gasteiger partial charge in [0.25, 0.3) is 0 Å². The van der Waals surface area contributed by atoms with Crippen molar-refractivity contribution in [2.75, 3.05) is 13.2 Å². The minimum atomic E-state index is -1.50. The number of rotatable bonds is 7. The summed E-state index contributed by atoms with van der Waals surface area (Å²) in [4.78, 5) is 10.7. The summed E-state index contributed by atoms with van der Waals surface area (Å²) in [6.07, 6.45) is -3.45. The van der Waals surface area contributed by atoms with Crippen molar-refractivity contribution in [1.82, 2.24) is 5.32 Å². The van der Waals surface area contributed by atoms with Gasteiger partial charge in [-0.1, -0.05) is 0 Å². The second-order valence-electron chi connectivity index (χ2n) is 3.48. The maximum atomic E-state index is 10.7. The predicted octanol–water partition coefficient (Wildman–Crippen LogP) is -2.44. The van der Waals surface area contributed by atoms with Gasteiger partial charge in [0.05, 0.1) is 19.3 Å². The lowest BCUT2D eigenvalue weighted by molar-refractivity contribution is -0.190. The van der Waals surface area contributed by atoms with Gasteiger partial charge < -0.3 is 30.5 Å². The molecule has 0 spiro atoms. The molecule has 1 amide bonds. The lowest BCUT2D eigenvalue weighted by Gasteiger charge is -2.27. The maximum Gasteiger partial charge on any atom is 0.217 e. The number of ether oxygens (including phenoxy) is 1. The highest BCUT2D eigenvalue weighted by Crippen LogP contribution is 2.05. The van der Waals surface area contributed by atoms with Gasteiger partial charge in [-0.15, -0.1) is 0 Å². The Morgan fingerprint density at radius 1 is 1.31 bits per heavy atom. The van der Waals surface area contributed by atoms with Gasteiger partial charge in [0.1, 0.15) is 12.1 Å². The van der Waals surface area contributed by atoms with Crippen LogP contribution in [0, 0.1) is 0 Å². The van der Waals surface area contributed by atoms with Crippen molar-refractivity contribution >= 4 is 5.91 Å². The van der Waals surface area contributed by atoms with Gasteiger partial charge in [0.2, 0.25) is 5.91 Å². The van der Waals surface area contributed by atoms with Gasteiger partial charge in [0, 0.05) is 6.92 Å². The van der Waals surface area contributed by atoms with Crippen molar-refractivity contribution in [2.24, 2.45) is 0 Å². The Morgan fingerprint density at radius 3 is 2.19 bits per heavy atom. The number of hydrogen-bond acceptors (Lipinski definition) is 6. The van der Waals surface area contributed by atoms with Crippen molar-refractivity contribution in [3.8, 4) is 0 Å². The molecule has 96 valence electrons. The molecular formula is C9H19NO6. The summed E-state index contributed by atoms with van der Waals surface area (Å²) >= 11 is 0. The van der Waals surface area contributed by atoms with Crippen LogP contribution in [-0.2, 0) is 9.53 Å². The molecule has 5 N–H and O–H groups in total. The molecule has 0 saturated heterocycles.